The van der Waals surface area contributed by atoms with Crippen LogP contribution in [-0.2, 0) is 14.4 Å². The number of hydrogen-bond donors (Lipinski definition) is 2. The van der Waals surface area contributed by atoms with Gasteiger partial charge in [0.15, 0.2) is 6.61 Å². The highest BCUT2D eigenvalue weighted by atomic mass is 79.9. The molecule has 0 aliphatic carbocycles. The zero-order chi connectivity index (χ0) is 18.7. The average molecular weight is 495 g/mol. The van der Waals surface area contributed by atoms with Crippen LogP contribution < -0.4 is 4.74 Å². The third-order valence-electron chi connectivity index (χ3n) is 2.83. The number of halogens is 2. The Bertz CT molecular complexity index is 785. The normalized spacial score (nSPS) is 15.8. The Hall–Kier alpha value is -1.85. The number of carboxylic acid groups (broad SMARTS) is 2. The summed E-state index contributed by atoms with van der Waals surface area (Å²) in [6.07, 6.45) is 1.43. The highest BCUT2D eigenvalue weighted by molar-refractivity contribution is 9.11. The molecule has 2 N–H and O–H groups in total. The molecule has 0 radical (unpaired) electrons. The average Bonchev–Trinajstić information content (AvgIpc) is 2.73. The van der Waals surface area contributed by atoms with E-state index in [0.29, 0.717) is 31.2 Å². The molecule has 1 saturated heterocycles. The van der Waals surface area contributed by atoms with Crippen molar-refractivity contribution in [1.82, 2.24) is 4.90 Å². The lowest BCUT2D eigenvalue weighted by Crippen LogP contribution is -2.33. The second-order valence-corrected chi connectivity index (χ2v) is 7.36. The zero-order valence-corrected chi connectivity index (χ0v) is 16.2. The molecule has 2 rings (SSSR count). The summed E-state index contributed by atoms with van der Waals surface area (Å²) in [5.41, 5.74) is 0.530. The summed E-state index contributed by atoms with van der Waals surface area (Å²) in [5, 5.41) is 16.7. The van der Waals surface area contributed by atoms with Gasteiger partial charge in [-0.25, -0.2) is 4.79 Å². The van der Waals surface area contributed by atoms with E-state index in [4.69, 9.17) is 14.9 Å². The molecule has 25 heavy (non-hydrogen) atoms. The lowest BCUT2D eigenvalue weighted by Gasteiger charge is -2.10. The van der Waals surface area contributed by atoms with Crippen LogP contribution in [0.2, 0.25) is 0 Å². The number of nitrogens with zero attached hydrogens (tertiary/aromatic N) is 1. The number of rotatable bonds is 6. The van der Waals surface area contributed by atoms with E-state index >= 15 is 0 Å². The SMILES string of the molecule is O=C(O)COc1c(Br)cc(/C=C2/SC(=O)N(CC(=O)O)C2=O)cc1Br. The van der Waals surface area contributed by atoms with Crippen LogP contribution in [-0.4, -0.2) is 51.3 Å². The number of benzene rings is 1. The Labute approximate surface area is 162 Å². The monoisotopic (exact) mass is 493 g/mol. The quantitative estimate of drug-likeness (QED) is 0.579. The molecule has 1 heterocycles. The van der Waals surface area contributed by atoms with Gasteiger partial charge in [-0.15, -0.1) is 0 Å². The Kier molecular flexibility index (Phi) is 6.25. The fourth-order valence-corrected chi connectivity index (χ4v) is 4.15. The topological polar surface area (TPSA) is 121 Å². The van der Waals surface area contributed by atoms with Crippen molar-refractivity contribution >= 4 is 72.8 Å². The molecule has 11 heteroatoms. The Morgan fingerprint density at radius 3 is 2.28 bits per heavy atom. The van der Waals surface area contributed by atoms with Gasteiger partial charge in [-0.1, -0.05) is 0 Å². The van der Waals surface area contributed by atoms with Crippen molar-refractivity contribution in [2.24, 2.45) is 0 Å². The van der Waals surface area contributed by atoms with Gasteiger partial charge >= 0.3 is 11.9 Å². The second-order valence-electron chi connectivity index (χ2n) is 4.66. The number of imide groups is 1. The highest BCUT2D eigenvalue weighted by Gasteiger charge is 2.36. The molecule has 8 nitrogen and oxygen atoms in total. The van der Waals surface area contributed by atoms with Gasteiger partial charge in [0.1, 0.15) is 12.3 Å². The van der Waals surface area contributed by atoms with Gasteiger partial charge < -0.3 is 14.9 Å². The minimum absolute atomic E-state index is 0.0873. The maximum Gasteiger partial charge on any atom is 0.341 e. The van der Waals surface area contributed by atoms with Crippen LogP contribution in [0.4, 0.5) is 4.79 Å². The van der Waals surface area contributed by atoms with Gasteiger partial charge in [-0.2, -0.15) is 0 Å². The standard InChI is InChI=1S/C14H9Br2NO7S/c15-7-1-6(2-8(16)12(7)24-5-11(20)21)3-9-13(22)17(4-10(18)19)14(23)25-9/h1-3H,4-5H2,(H,18,19)(H,20,21)/b9-3+. The summed E-state index contributed by atoms with van der Waals surface area (Å²) in [4.78, 5) is 45.9. The Balaban J connectivity index is 2.26. The molecule has 0 unspecified atom stereocenters. The summed E-state index contributed by atoms with van der Waals surface area (Å²) >= 11 is 7.13. The summed E-state index contributed by atoms with van der Waals surface area (Å²) in [5.74, 6) is -2.82. The summed E-state index contributed by atoms with van der Waals surface area (Å²) in [6, 6.07) is 3.15. The molecular weight excluding hydrogens is 486 g/mol. The van der Waals surface area contributed by atoms with Crippen molar-refractivity contribution in [3.8, 4) is 5.75 Å². The number of amides is 2. The van der Waals surface area contributed by atoms with Gasteiger partial charge in [0.25, 0.3) is 11.1 Å². The van der Waals surface area contributed by atoms with Crippen molar-refractivity contribution in [3.63, 3.8) is 0 Å². The lowest BCUT2D eigenvalue weighted by atomic mass is 10.2. The van der Waals surface area contributed by atoms with Gasteiger partial charge in [0, 0.05) is 0 Å². The van der Waals surface area contributed by atoms with E-state index in [2.05, 4.69) is 31.9 Å². The van der Waals surface area contributed by atoms with Crippen LogP contribution in [0.5, 0.6) is 5.75 Å². The first kappa shape index (κ1) is 19.5. The van der Waals surface area contributed by atoms with Crippen LogP contribution >= 0.6 is 43.6 Å². The maximum atomic E-state index is 12.1. The van der Waals surface area contributed by atoms with E-state index < -0.39 is 36.2 Å². The van der Waals surface area contributed by atoms with Gasteiger partial charge in [-0.05, 0) is 67.4 Å². The van der Waals surface area contributed by atoms with Gasteiger partial charge in [-0.3, -0.25) is 19.3 Å². The number of ether oxygens (including phenoxy) is 1. The number of carboxylic acids is 2. The molecule has 1 fully saturated rings. The second kappa shape index (κ2) is 8.02. The van der Waals surface area contributed by atoms with Crippen molar-refractivity contribution < 1.29 is 34.1 Å². The van der Waals surface area contributed by atoms with E-state index in [1.165, 1.54) is 6.08 Å². The summed E-state index contributed by atoms with van der Waals surface area (Å²) < 4.78 is 6.03. The molecule has 0 aromatic heterocycles. The Morgan fingerprint density at radius 2 is 1.76 bits per heavy atom. The summed E-state index contributed by atoms with van der Waals surface area (Å²) in [7, 11) is 0. The first-order valence-corrected chi connectivity index (χ1v) is 8.90. The van der Waals surface area contributed by atoms with Gasteiger partial charge in [0.05, 0.1) is 13.9 Å². The predicted molar refractivity (Wildman–Crippen MR) is 95.3 cm³/mol. The minimum atomic E-state index is -1.28. The van der Waals surface area contributed by atoms with Crippen LogP contribution in [0, 0.1) is 0 Å². The van der Waals surface area contributed by atoms with Crippen molar-refractivity contribution in [1.29, 1.82) is 0 Å². The van der Waals surface area contributed by atoms with E-state index in [0.717, 1.165) is 0 Å². The Morgan fingerprint density at radius 1 is 1.16 bits per heavy atom. The van der Waals surface area contributed by atoms with Crippen LogP contribution in [0.25, 0.3) is 6.08 Å². The predicted octanol–water partition coefficient (Wildman–Crippen LogP) is 2.80. The van der Waals surface area contributed by atoms with Crippen molar-refractivity contribution in [2.45, 2.75) is 0 Å². The molecule has 132 valence electrons. The van der Waals surface area contributed by atoms with Crippen LogP contribution in [0.15, 0.2) is 26.0 Å². The molecule has 2 amide bonds. The molecule has 1 aromatic rings. The number of carbonyl (C=O) groups excluding carboxylic acids is 2. The molecule has 1 aliphatic heterocycles. The van der Waals surface area contributed by atoms with E-state index in [1.807, 2.05) is 0 Å². The number of thioether (sulfide) groups is 1. The molecule has 1 aromatic carbocycles. The van der Waals surface area contributed by atoms with Crippen LogP contribution in [0.3, 0.4) is 0 Å². The fraction of sp³-hybridized carbons (Fsp3) is 0.143. The van der Waals surface area contributed by atoms with E-state index in [9.17, 15) is 19.2 Å². The van der Waals surface area contributed by atoms with Gasteiger partial charge in [0.2, 0.25) is 0 Å². The lowest BCUT2D eigenvalue weighted by molar-refractivity contribution is -0.140. The smallest absolute Gasteiger partial charge is 0.341 e. The third-order valence-corrected chi connectivity index (χ3v) is 4.91. The van der Waals surface area contributed by atoms with Crippen LogP contribution in [0.1, 0.15) is 5.56 Å². The molecule has 1 aliphatic rings. The minimum Gasteiger partial charge on any atom is -0.480 e. The van der Waals surface area contributed by atoms with E-state index in [-0.39, 0.29) is 10.7 Å². The first-order chi connectivity index (χ1) is 11.7. The van der Waals surface area contributed by atoms with Crippen molar-refractivity contribution in [2.75, 3.05) is 13.2 Å². The number of carbonyl (C=O) groups is 4. The summed E-state index contributed by atoms with van der Waals surface area (Å²) in [6.45, 7) is -1.22. The molecular formula is C14H9Br2NO7S. The molecule has 0 spiro atoms. The third kappa shape index (κ3) is 4.83. The van der Waals surface area contributed by atoms with Crippen molar-refractivity contribution in [3.05, 3.63) is 31.5 Å². The highest BCUT2D eigenvalue weighted by Crippen LogP contribution is 2.37. The number of aliphatic carboxylic acids is 2. The largest absolute Gasteiger partial charge is 0.480 e. The zero-order valence-electron chi connectivity index (χ0n) is 12.2. The first-order valence-electron chi connectivity index (χ1n) is 6.50. The molecule has 0 bridgehead atoms. The maximum absolute atomic E-state index is 12.1. The molecule has 0 saturated carbocycles. The fourth-order valence-electron chi connectivity index (χ4n) is 1.86. The number of hydrogen-bond acceptors (Lipinski definition) is 6. The molecule has 0 atom stereocenters. The van der Waals surface area contributed by atoms with E-state index in [1.54, 1.807) is 12.1 Å².